The summed E-state index contributed by atoms with van der Waals surface area (Å²) >= 11 is -1.26. The Labute approximate surface area is 251 Å². The summed E-state index contributed by atoms with van der Waals surface area (Å²) < 4.78 is 3.25. The summed E-state index contributed by atoms with van der Waals surface area (Å²) in [4.78, 5) is 0. The third-order valence-corrected chi connectivity index (χ3v) is 13.1. The quantitative estimate of drug-likeness (QED) is 0.247. The van der Waals surface area contributed by atoms with Crippen molar-refractivity contribution in [3.05, 3.63) is 153 Å². The average Bonchev–Trinajstić information content (AvgIpc) is 3.66. The van der Waals surface area contributed by atoms with Gasteiger partial charge in [0.15, 0.2) is 0 Å². The monoisotopic (exact) mass is 597 g/mol. The summed E-state index contributed by atoms with van der Waals surface area (Å²) in [5.74, 6) is 0. The molecule has 0 saturated carbocycles. The fraction of sp³-hybridized carbons (Fsp3) is 0.256. The Hall–Kier alpha value is -2.89. The van der Waals surface area contributed by atoms with Crippen LogP contribution in [-0.4, -0.2) is 3.21 Å². The fourth-order valence-electron chi connectivity index (χ4n) is 6.89. The van der Waals surface area contributed by atoms with Crippen molar-refractivity contribution in [1.29, 1.82) is 0 Å². The SMILES string of the molecule is CCc1cc(CC)c2c(c1)=[C]([Zr]=[C](c1ccccc1)c1ccccc1)C1=C(C3=CC=CC3)C(CC)(CC)C=CC=21. The van der Waals surface area contributed by atoms with Crippen LogP contribution in [0.25, 0.3) is 8.85 Å². The Morgan fingerprint density at radius 1 is 0.825 bits per heavy atom. The number of fused-ring (bicyclic) bond motifs is 2. The van der Waals surface area contributed by atoms with Crippen molar-refractivity contribution < 1.29 is 22.8 Å². The average molecular weight is 599 g/mol. The second-order valence-corrected chi connectivity index (χ2v) is 14.2. The molecular formula is C39H39Zr. The molecule has 0 unspecified atom stereocenters. The molecule has 3 aromatic carbocycles. The van der Waals surface area contributed by atoms with Crippen molar-refractivity contribution >= 4 is 12.1 Å². The van der Waals surface area contributed by atoms with E-state index in [1.807, 2.05) is 0 Å². The Balaban J connectivity index is 1.79. The van der Waals surface area contributed by atoms with Crippen LogP contribution in [0.15, 0.2) is 120 Å². The van der Waals surface area contributed by atoms with Gasteiger partial charge in [-0.15, -0.1) is 0 Å². The van der Waals surface area contributed by atoms with Crippen LogP contribution in [-0.2, 0) is 35.6 Å². The number of allylic oxidation sites excluding steroid dienone is 8. The molecule has 0 atom stereocenters. The van der Waals surface area contributed by atoms with Crippen molar-refractivity contribution in [2.45, 2.75) is 59.8 Å². The van der Waals surface area contributed by atoms with Crippen molar-refractivity contribution in [2.75, 3.05) is 0 Å². The first-order chi connectivity index (χ1) is 19.6. The zero-order valence-corrected chi connectivity index (χ0v) is 26.8. The van der Waals surface area contributed by atoms with E-state index in [4.69, 9.17) is 0 Å². The van der Waals surface area contributed by atoms with Crippen molar-refractivity contribution in [3.8, 4) is 0 Å². The van der Waals surface area contributed by atoms with Gasteiger partial charge >= 0.3 is 253 Å². The van der Waals surface area contributed by atoms with Gasteiger partial charge in [-0.2, -0.15) is 0 Å². The molecule has 0 aliphatic heterocycles. The van der Waals surface area contributed by atoms with E-state index in [2.05, 4.69) is 131 Å². The van der Waals surface area contributed by atoms with Crippen molar-refractivity contribution in [3.63, 3.8) is 0 Å². The molecule has 0 aromatic heterocycles. The van der Waals surface area contributed by atoms with Crippen LogP contribution in [0, 0.1) is 5.41 Å². The second kappa shape index (κ2) is 11.5. The maximum atomic E-state index is 2.57. The summed E-state index contributed by atoms with van der Waals surface area (Å²) in [6, 6.07) is 27.4. The van der Waals surface area contributed by atoms with Gasteiger partial charge in [-0.05, 0) is 0 Å². The van der Waals surface area contributed by atoms with E-state index in [0.29, 0.717) is 0 Å². The van der Waals surface area contributed by atoms with Crippen molar-refractivity contribution in [1.82, 2.24) is 0 Å². The molecule has 0 amide bonds. The second-order valence-electron chi connectivity index (χ2n) is 11.2. The Kier molecular flexibility index (Phi) is 7.87. The molecule has 0 bridgehead atoms. The van der Waals surface area contributed by atoms with Crippen LogP contribution < -0.4 is 10.4 Å². The molecule has 0 heterocycles. The zero-order valence-electron chi connectivity index (χ0n) is 24.4. The van der Waals surface area contributed by atoms with E-state index in [1.54, 1.807) is 17.6 Å². The van der Waals surface area contributed by atoms with Crippen LogP contribution in [0.3, 0.4) is 0 Å². The van der Waals surface area contributed by atoms with Crippen LogP contribution in [0.1, 0.15) is 69.2 Å². The van der Waals surface area contributed by atoms with Crippen molar-refractivity contribution in [2.24, 2.45) is 5.41 Å². The first-order valence-corrected chi connectivity index (χ1v) is 17.6. The van der Waals surface area contributed by atoms with Gasteiger partial charge in [0.05, 0.1) is 0 Å². The topological polar surface area (TPSA) is 0 Å². The van der Waals surface area contributed by atoms with Gasteiger partial charge in [0.2, 0.25) is 0 Å². The van der Waals surface area contributed by atoms with Gasteiger partial charge in [-0.25, -0.2) is 0 Å². The Morgan fingerprint density at radius 2 is 1.50 bits per heavy atom. The van der Waals surface area contributed by atoms with Crippen LogP contribution >= 0.6 is 0 Å². The summed E-state index contributed by atoms with van der Waals surface area (Å²) in [7, 11) is 0. The van der Waals surface area contributed by atoms with E-state index < -0.39 is 22.8 Å². The fourth-order valence-corrected chi connectivity index (χ4v) is 10.8. The molecule has 0 N–H and O–H groups in total. The van der Waals surface area contributed by atoms with Gasteiger partial charge < -0.3 is 0 Å². The van der Waals surface area contributed by atoms with E-state index in [0.717, 1.165) is 32.1 Å². The summed E-state index contributed by atoms with van der Waals surface area (Å²) in [5, 5.41) is 3.06. The third kappa shape index (κ3) is 4.61. The van der Waals surface area contributed by atoms with Gasteiger partial charge in [-0.3, -0.25) is 0 Å². The molecule has 3 aromatic rings. The number of hydrogen-bond donors (Lipinski definition) is 0. The first kappa shape index (κ1) is 27.3. The molecule has 6 rings (SSSR count). The van der Waals surface area contributed by atoms with Gasteiger partial charge in [0, 0.05) is 0 Å². The first-order valence-electron chi connectivity index (χ1n) is 15.1. The third-order valence-electron chi connectivity index (χ3n) is 9.17. The predicted molar refractivity (Wildman–Crippen MR) is 168 cm³/mol. The normalized spacial score (nSPS) is 16.6. The molecule has 199 valence electrons. The van der Waals surface area contributed by atoms with E-state index >= 15 is 0 Å². The molecule has 40 heavy (non-hydrogen) atoms. The molecule has 0 nitrogen and oxygen atoms in total. The molecule has 0 saturated heterocycles. The van der Waals surface area contributed by atoms with E-state index in [1.165, 1.54) is 43.8 Å². The number of benzene rings is 3. The standard InChI is InChI=1S/C26H29.C13H10.Zr/c1-5-18-15-19(6-2)24-21(16-18)17-23-22(24)13-14-26(7-3,8-4)25(23)20-11-9-10-12-20;1-3-7-12(8-4-1)11-13-9-5-2-6-10-13;/h9-11,13-16H,5-8,12H2,1-4H3;1-10H;. The van der Waals surface area contributed by atoms with Crippen LogP contribution in [0.2, 0.25) is 0 Å². The molecule has 0 radical (unpaired) electrons. The molecule has 1 heteroatoms. The summed E-state index contributed by atoms with van der Waals surface area (Å²) in [6.45, 7) is 9.42. The minimum absolute atomic E-state index is 0.0863. The van der Waals surface area contributed by atoms with Crippen LogP contribution in [0.5, 0.6) is 0 Å². The molecule has 0 fully saturated rings. The number of rotatable bonds is 8. The van der Waals surface area contributed by atoms with Crippen LogP contribution in [0.4, 0.5) is 0 Å². The van der Waals surface area contributed by atoms with E-state index in [-0.39, 0.29) is 5.41 Å². The van der Waals surface area contributed by atoms with Gasteiger partial charge in [-0.1, -0.05) is 0 Å². The molecule has 3 aliphatic carbocycles. The van der Waals surface area contributed by atoms with E-state index in [9.17, 15) is 0 Å². The summed E-state index contributed by atoms with van der Waals surface area (Å²) in [5.41, 5.74) is 12.1. The van der Waals surface area contributed by atoms with Gasteiger partial charge in [0.1, 0.15) is 0 Å². The summed E-state index contributed by atoms with van der Waals surface area (Å²) in [6.07, 6.45) is 17.6. The molecular weight excluding hydrogens is 560 g/mol. The van der Waals surface area contributed by atoms with Gasteiger partial charge in [0.25, 0.3) is 0 Å². The molecule has 0 spiro atoms. The Morgan fingerprint density at radius 3 is 2.05 bits per heavy atom. The maximum absolute atomic E-state index is 2.57. The number of hydrogen-bond acceptors (Lipinski definition) is 0. The minimum atomic E-state index is -1.26. The zero-order chi connectivity index (χ0) is 27.7. The predicted octanol–water partition coefficient (Wildman–Crippen LogP) is 7.99. The Bertz CT molecular complexity index is 1680. The molecule has 3 aliphatic rings. The number of aryl methyl sites for hydroxylation is 2.